The molecule has 0 saturated heterocycles. The molecule has 0 unspecified atom stereocenters. The Kier molecular flexibility index (Phi) is 5.87. The van der Waals surface area contributed by atoms with Crippen LogP contribution < -0.4 is 5.32 Å². The smallest absolute Gasteiger partial charge is 0.358 e. The molecule has 2 heterocycles. The molecule has 1 amide bonds. The number of carbonyl (C=O) groups excluding carboxylic acids is 1. The van der Waals surface area contributed by atoms with Gasteiger partial charge in [0.1, 0.15) is 11.6 Å². The summed E-state index contributed by atoms with van der Waals surface area (Å²) >= 11 is 18.2. The summed E-state index contributed by atoms with van der Waals surface area (Å²) in [6.45, 7) is 1.73. The number of halogens is 3. The fourth-order valence-electron chi connectivity index (χ4n) is 2.44. The first-order valence-corrected chi connectivity index (χ1v) is 9.02. The zero-order valence-electron chi connectivity index (χ0n) is 14.4. The van der Waals surface area contributed by atoms with Gasteiger partial charge in [0.05, 0.1) is 23.4 Å². The molecule has 12 heteroatoms. The van der Waals surface area contributed by atoms with E-state index in [1.54, 1.807) is 31.3 Å². The molecule has 0 aliphatic heterocycles. The lowest BCUT2D eigenvalue weighted by Crippen LogP contribution is -2.21. The van der Waals surface area contributed by atoms with Crippen molar-refractivity contribution in [2.45, 2.75) is 20.0 Å². The van der Waals surface area contributed by atoms with Crippen LogP contribution in [0.25, 0.3) is 0 Å². The highest BCUT2D eigenvalue weighted by atomic mass is 35.5. The topological polar surface area (TPSA) is 108 Å². The number of amides is 1. The van der Waals surface area contributed by atoms with Gasteiger partial charge in [0.15, 0.2) is 5.82 Å². The number of hydrogen-bond acceptors (Lipinski definition) is 5. The van der Waals surface area contributed by atoms with E-state index in [-0.39, 0.29) is 23.2 Å². The number of anilines is 1. The Balaban J connectivity index is 1.69. The molecule has 0 bridgehead atoms. The van der Waals surface area contributed by atoms with Crippen molar-refractivity contribution in [1.29, 1.82) is 0 Å². The highest BCUT2D eigenvalue weighted by Gasteiger charge is 2.19. The Morgan fingerprint density at radius 3 is 2.61 bits per heavy atom. The van der Waals surface area contributed by atoms with Crippen molar-refractivity contribution in [1.82, 2.24) is 19.6 Å². The lowest BCUT2D eigenvalue weighted by Gasteiger charge is -2.05. The normalized spacial score (nSPS) is 10.9. The second kappa shape index (κ2) is 8.17. The third-order valence-electron chi connectivity index (χ3n) is 3.77. The standard InChI is InChI=1S/C16H13Cl3N6O3/c1-9-4-14(25(27)28)21-24(9)8-15(26)20-16-13(19)7-23(22-16)6-10-2-3-11(17)5-12(10)18/h2-5,7H,6,8H2,1H3,(H,20,22,26). The van der Waals surface area contributed by atoms with Crippen molar-refractivity contribution >= 4 is 52.3 Å². The summed E-state index contributed by atoms with van der Waals surface area (Å²) in [5.41, 5.74) is 1.26. The van der Waals surface area contributed by atoms with Crippen LogP contribution in [0.5, 0.6) is 0 Å². The number of nitrogens with zero attached hydrogens (tertiary/aromatic N) is 5. The lowest BCUT2D eigenvalue weighted by molar-refractivity contribution is -0.389. The minimum Gasteiger partial charge on any atom is -0.358 e. The molecule has 0 aliphatic rings. The Hall–Kier alpha value is -2.62. The van der Waals surface area contributed by atoms with Crippen molar-refractivity contribution in [3.05, 3.63) is 66.9 Å². The van der Waals surface area contributed by atoms with E-state index < -0.39 is 10.8 Å². The second-order valence-electron chi connectivity index (χ2n) is 5.87. The third-order valence-corrected chi connectivity index (χ3v) is 4.63. The van der Waals surface area contributed by atoms with Gasteiger partial charge in [-0.05, 0) is 29.5 Å². The van der Waals surface area contributed by atoms with E-state index in [9.17, 15) is 14.9 Å². The number of carbonyl (C=O) groups is 1. The van der Waals surface area contributed by atoms with Crippen molar-refractivity contribution < 1.29 is 9.72 Å². The van der Waals surface area contributed by atoms with Crippen LogP contribution >= 0.6 is 34.8 Å². The maximum Gasteiger partial charge on any atom is 0.390 e. The summed E-state index contributed by atoms with van der Waals surface area (Å²) in [5, 5.41) is 22.6. The summed E-state index contributed by atoms with van der Waals surface area (Å²) < 4.78 is 2.75. The van der Waals surface area contributed by atoms with Crippen molar-refractivity contribution in [2.24, 2.45) is 0 Å². The Bertz CT molecular complexity index is 1060. The Morgan fingerprint density at radius 2 is 1.96 bits per heavy atom. The van der Waals surface area contributed by atoms with Gasteiger partial charge >= 0.3 is 5.82 Å². The predicted octanol–water partition coefficient (Wildman–Crippen LogP) is 3.94. The number of nitrogens with one attached hydrogen (secondary N) is 1. The maximum absolute atomic E-state index is 12.2. The fraction of sp³-hybridized carbons (Fsp3) is 0.188. The van der Waals surface area contributed by atoms with Crippen LogP contribution in [0.15, 0.2) is 30.5 Å². The van der Waals surface area contributed by atoms with Gasteiger partial charge in [-0.25, -0.2) is 0 Å². The first kappa shape index (κ1) is 20.1. The van der Waals surface area contributed by atoms with Gasteiger partial charge in [-0.1, -0.05) is 40.9 Å². The molecule has 2 aromatic heterocycles. The van der Waals surface area contributed by atoms with Crippen LogP contribution in [0.3, 0.4) is 0 Å². The number of rotatable bonds is 6. The van der Waals surface area contributed by atoms with Crippen LogP contribution in [0.2, 0.25) is 15.1 Å². The number of hydrogen-bond donors (Lipinski definition) is 1. The molecule has 0 radical (unpaired) electrons. The van der Waals surface area contributed by atoms with Crippen LogP contribution in [0.4, 0.5) is 11.6 Å². The van der Waals surface area contributed by atoms with Gasteiger partial charge in [-0.15, -0.1) is 0 Å². The molecule has 0 spiro atoms. The zero-order valence-corrected chi connectivity index (χ0v) is 16.7. The lowest BCUT2D eigenvalue weighted by atomic mass is 10.2. The average Bonchev–Trinajstić information content (AvgIpc) is 3.13. The van der Waals surface area contributed by atoms with Gasteiger partial charge in [0.25, 0.3) is 0 Å². The quantitative estimate of drug-likeness (QED) is 0.458. The van der Waals surface area contributed by atoms with Gasteiger partial charge in [0.2, 0.25) is 5.91 Å². The zero-order chi connectivity index (χ0) is 20.4. The molecule has 3 aromatic rings. The number of aryl methyl sites for hydroxylation is 1. The van der Waals surface area contributed by atoms with Crippen molar-refractivity contribution in [3.63, 3.8) is 0 Å². The molecular weight excluding hydrogens is 431 g/mol. The molecule has 0 saturated carbocycles. The molecule has 146 valence electrons. The largest absolute Gasteiger partial charge is 0.390 e. The van der Waals surface area contributed by atoms with E-state index in [0.717, 1.165) is 5.56 Å². The highest BCUT2D eigenvalue weighted by Crippen LogP contribution is 2.24. The van der Waals surface area contributed by atoms with Crippen molar-refractivity contribution in [3.8, 4) is 0 Å². The third kappa shape index (κ3) is 4.61. The molecule has 9 nitrogen and oxygen atoms in total. The van der Waals surface area contributed by atoms with Crippen LogP contribution in [0, 0.1) is 17.0 Å². The molecule has 0 aliphatic carbocycles. The van der Waals surface area contributed by atoms with Gasteiger partial charge in [0, 0.05) is 16.2 Å². The minimum atomic E-state index is -0.623. The van der Waals surface area contributed by atoms with Gasteiger partial charge in [-0.3, -0.25) is 9.48 Å². The summed E-state index contributed by atoms with van der Waals surface area (Å²) in [4.78, 5) is 22.4. The molecular formula is C16H13Cl3N6O3. The first-order chi connectivity index (χ1) is 13.2. The second-order valence-corrected chi connectivity index (χ2v) is 7.12. The molecule has 0 atom stereocenters. The SMILES string of the molecule is Cc1cc([N+](=O)[O-])nn1CC(=O)Nc1nn(Cc2ccc(Cl)cc2Cl)cc1Cl. The van der Waals surface area contributed by atoms with Crippen LogP contribution in [0.1, 0.15) is 11.3 Å². The number of nitro groups is 1. The van der Waals surface area contributed by atoms with E-state index in [2.05, 4.69) is 15.5 Å². The van der Waals surface area contributed by atoms with Gasteiger partial charge in [-0.2, -0.15) is 9.78 Å². The van der Waals surface area contributed by atoms with E-state index in [1.807, 2.05) is 0 Å². The molecule has 28 heavy (non-hydrogen) atoms. The summed E-state index contributed by atoms with van der Waals surface area (Å²) in [5.74, 6) is -0.638. The van der Waals surface area contributed by atoms with E-state index >= 15 is 0 Å². The summed E-state index contributed by atoms with van der Waals surface area (Å²) in [6, 6.07) is 6.39. The average molecular weight is 444 g/mol. The molecule has 1 N–H and O–H groups in total. The monoisotopic (exact) mass is 442 g/mol. The first-order valence-electron chi connectivity index (χ1n) is 7.88. The summed E-state index contributed by atoms with van der Waals surface area (Å²) in [7, 11) is 0. The van der Waals surface area contributed by atoms with E-state index in [1.165, 1.54) is 15.4 Å². The Morgan fingerprint density at radius 1 is 1.21 bits per heavy atom. The van der Waals surface area contributed by atoms with E-state index in [0.29, 0.717) is 22.3 Å². The molecule has 1 aromatic carbocycles. The van der Waals surface area contributed by atoms with Gasteiger partial charge < -0.3 is 15.4 Å². The Labute approximate surface area is 173 Å². The highest BCUT2D eigenvalue weighted by molar-refractivity contribution is 6.35. The number of aromatic nitrogens is 4. The number of benzene rings is 1. The molecule has 0 fully saturated rings. The van der Waals surface area contributed by atoms with Crippen molar-refractivity contribution in [2.75, 3.05) is 5.32 Å². The minimum absolute atomic E-state index is 0.163. The van der Waals surface area contributed by atoms with E-state index in [4.69, 9.17) is 34.8 Å². The predicted molar refractivity (Wildman–Crippen MR) is 105 cm³/mol. The van der Waals surface area contributed by atoms with Crippen LogP contribution in [-0.2, 0) is 17.9 Å². The summed E-state index contributed by atoms with van der Waals surface area (Å²) in [6.07, 6.45) is 1.55. The molecule has 3 rings (SSSR count). The van der Waals surface area contributed by atoms with Crippen LogP contribution in [-0.4, -0.2) is 30.4 Å². The maximum atomic E-state index is 12.2. The fourth-order valence-corrected chi connectivity index (χ4v) is 3.10.